The molecule has 0 atom stereocenters. The van der Waals surface area contributed by atoms with Gasteiger partial charge in [0.2, 0.25) is 5.43 Å². The van der Waals surface area contributed by atoms with Crippen LogP contribution in [-0.4, -0.2) is 6.29 Å². The first-order valence-corrected chi connectivity index (χ1v) is 5.41. The van der Waals surface area contributed by atoms with E-state index in [0.717, 1.165) is 10.8 Å². The maximum absolute atomic E-state index is 12.2. The van der Waals surface area contributed by atoms with E-state index in [2.05, 4.69) is 0 Å². The van der Waals surface area contributed by atoms with Gasteiger partial charge >= 0.3 is 0 Å². The zero-order chi connectivity index (χ0) is 12.7. The number of carbonyl (C=O) groups is 1. The predicted molar refractivity (Wildman–Crippen MR) is 69.8 cm³/mol. The molecule has 1 aromatic heterocycles. The molecule has 4 heteroatoms. The quantitative estimate of drug-likeness (QED) is 0.522. The number of fused-ring (bicyclic) bond motifs is 3. The molecule has 0 radical (unpaired) electrons. The minimum atomic E-state index is -0.366. The van der Waals surface area contributed by atoms with Gasteiger partial charge in [-0.2, -0.15) is 0 Å². The number of rotatable bonds is 1. The molecule has 0 fully saturated rings. The highest BCUT2D eigenvalue weighted by molar-refractivity contribution is 6.06. The number of hydrogen-bond acceptors (Lipinski definition) is 4. The SMILES string of the molecule is Nc1c(C=O)oc2ccc3ccccc3c2c1=O. The van der Waals surface area contributed by atoms with Gasteiger partial charge < -0.3 is 10.2 Å². The van der Waals surface area contributed by atoms with Crippen LogP contribution in [0.15, 0.2) is 45.6 Å². The maximum atomic E-state index is 12.2. The van der Waals surface area contributed by atoms with Crippen LogP contribution in [0.2, 0.25) is 0 Å². The summed E-state index contributed by atoms with van der Waals surface area (Å²) in [6.45, 7) is 0. The van der Waals surface area contributed by atoms with Crippen LogP contribution >= 0.6 is 0 Å². The van der Waals surface area contributed by atoms with Crippen molar-refractivity contribution in [2.75, 3.05) is 5.73 Å². The van der Waals surface area contributed by atoms with Crippen LogP contribution in [0.4, 0.5) is 5.69 Å². The fourth-order valence-electron chi connectivity index (χ4n) is 2.08. The first-order valence-electron chi connectivity index (χ1n) is 5.41. The Labute approximate surface area is 102 Å². The Morgan fingerprint density at radius 1 is 1.11 bits per heavy atom. The lowest BCUT2D eigenvalue weighted by Crippen LogP contribution is -2.11. The molecule has 0 amide bonds. The van der Waals surface area contributed by atoms with E-state index in [1.807, 2.05) is 30.3 Å². The van der Waals surface area contributed by atoms with E-state index in [9.17, 15) is 9.59 Å². The van der Waals surface area contributed by atoms with Gasteiger partial charge in [-0.05, 0) is 16.8 Å². The number of aldehydes is 1. The van der Waals surface area contributed by atoms with Crippen molar-refractivity contribution in [2.24, 2.45) is 0 Å². The van der Waals surface area contributed by atoms with Gasteiger partial charge in [-0.3, -0.25) is 9.59 Å². The van der Waals surface area contributed by atoms with Crippen molar-refractivity contribution < 1.29 is 9.21 Å². The molecule has 18 heavy (non-hydrogen) atoms. The molecule has 1 heterocycles. The third kappa shape index (κ3) is 1.32. The Hall–Kier alpha value is -2.62. The smallest absolute Gasteiger partial charge is 0.216 e. The van der Waals surface area contributed by atoms with Crippen LogP contribution in [0.5, 0.6) is 0 Å². The standard InChI is InChI=1S/C14H9NO3/c15-13-11(7-16)18-10-6-5-8-3-1-2-4-9(8)12(10)14(13)17/h1-7H,15H2. The fraction of sp³-hybridized carbons (Fsp3) is 0. The summed E-state index contributed by atoms with van der Waals surface area (Å²) in [5.74, 6) is -0.122. The van der Waals surface area contributed by atoms with E-state index in [0.29, 0.717) is 17.3 Å². The molecule has 0 spiro atoms. The monoisotopic (exact) mass is 239 g/mol. The van der Waals surface area contributed by atoms with Gasteiger partial charge in [-0.1, -0.05) is 30.3 Å². The summed E-state index contributed by atoms with van der Waals surface area (Å²) in [4.78, 5) is 23.0. The predicted octanol–water partition coefficient (Wildman–Crippen LogP) is 2.34. The Kier molecular flexibility index (Phi) is 2.16. The van der Waals surface area contributed by atoms with Gasteiger partial charge in [0.05, 0.1) is 5.39 Å². The lowest BCUT2D eigenvalue weighted by Gasteiger charge is -2.04. The van der Waals surface area contributed by atoms with Crippen molar-refractivity contribution in [3.8, 4) is 0 Å². The molecule has 0 saturated carbocycles. The van der Waals surface area contributed by atoms with E-state index in [4.69, 9.17) is 10.2 Å². The second-order valence-electron chi connectivity index (χ2n) is 3.99. The average molecular weight is 239 g/mol. The number of carbonyl (C=O) groups excluding carboxylic acids is 1. The van der Waals surface area contributed by atoms with Gasteiger partial charge in [-0.25, -0.2) is 0 Å². The summed E-state index contributed by atoms with van der Waals surface area (Å²) in [5, 5.41) is 2.11. The lowest BCUT2D eigenvalue weighted by molar-refractivity contribution is 0.110. The molecule has 0 aliphatic carbocycles. The Morgan fingerprint density at radius 2 is 1.89 bits per heavy atom. The molecule has 0 aliphatic heterocycles. The molecule has 0 aliphatic rings. The van der Waals surface area contributed by atoms with Crippen molar-refractivity contribution in [1.82, 2.24) is 0 Å². The summed E-state index contributed by atoms with van der Waals surface area (Å²) in [6.07, 6.45) is 0.450. The third-order valence-electron chi connectivity index (χ3n) is 2.95. The van der Waals surface area contributed by atoms with Crippen molar-refractivity contribution in [1.29, 1.82) is 0 Å². The van der Waals surface area contributed by atoms with Gasteiger partial charge in [0, 0.05) is 0 Å². The third-order valence-corrected chi connectivity index (χ3v) is 2.95. The second-order valence-corrected chi connectivity index (χ2v) is 3.99. The first kappa shape index (κ1) is 10.5. The van der Waals surface area contributed by atoms with Crippen LogP contribution in [0.3, 0.4) is 0 Å². The summed E-state index contributed by atoms with van der Waals surface area (Å²) in [7, 11) is 0. The zero-order valence-electron chi connectivity index (χ0n) is 9.34. The minimum absolute atomic E-state index is 0.122. The lowest BCUT2D eigenvalue weighted by atomic mass is 10.0. The van der Waals surface area contributed by atoms with E-state index in [1.54, 1.807) is 6.07 Å². The molecular weight excluding hydrogens is 230 g/mol. The molecule has 2 N–H and O–H groups in total. The van der Waals surface area contributed by atoms with Crippen LogP contribution < -0.4 is 11.2 Å². The van der Waals surface area contributed by atoms with Crippen molar-refractivity contribution in [2.45, 2.75) is 0 Å². The summed E-state index contributed by atoms with van der Waals surface area (Å²) < 4.78 is 5.34. The Balaban J connectivity index is 2.63. The van der Waals surface area contributed by atoms with E-state index < -0.39 is 0 Å². The highest BCUT2D eigenvalue weighted by Gasteiger charge is 2.13. The van der Waals surface area contributed by atoms with Crippen LogP contribution in [0.25, 0.3) is 21.7 Å². The van der Waals surface area contributed by atoms with Crippen LogP contribution in [0, 0.1) is 0 Å². The highest BCUT2D eigenvalue weighted by Crippen LogP contribution is 2.24. The van der Waals surface area contributed by atoms with Crippen molar-refractivity contribution in [3.05, 3.63) is 52.4 Å². The van der Waals surface area contributed by atoms with Gasteiger partial charge in [0.25, 0.3) is 0 Å². The topological polar surface area (TPSA) is 73.3 Å². The van der Waals surface area contributed by atoms with E-state index in [1.165, 1.54) is 0 Å². The molecule has 0 saturated heterocycles. The number of anilines is 1. The first-order chi connectivity index (χ1) is 8.72. The number of benzene rings is 2. The molecule has 88 valence electrons. The number of hydrogen-bond donors (Lipinski definition) is 1. The Bertz CT molecular complexity index is 833. The average Bonchev–Trinajstić information content (AvgIpc) is 2.42. The molecule has 0 unspecified atom stereocenters. The van der Waals surface area contributed by atoms with Crippen molar-refractivity contribution >= 4 is 33.7 Å². The van der Waals surface area contributed by atoms with Crippen molar-refractivity contribution in [3.63, 3.8) is 0 Å². The van der Waals surface area contributed by atoms with E-state index >= 15 is 0 Å². The second kappa shape index (κ2) is 3.70. The number of nitrogens with two attached hydrogens (primary N) is 1. The maximum Gasteiger partial charge on any atom is 0.216 e. The molecule has 0 bridgehead atoms. The van der Waals surface area contributed by atoms with E-state index in [-0.39, 0.29) is 16.9 Å². The van der Waals surface area contributed by atoms with Gasteiger partial charge in [-0.15, -0.1) is 0 Å². The number of nitrogen functional groups attached to an aromatic ring is 1. The molecular formula is C14H9NO3. The van der Waals surface area contributed by atoms with Crippen LogP contribution in [-0.2, 0) is 0 Å². The summed E-state index contributed by atoms with van der Waals surface area (Å²) in [6, 6.07) is 11.0. The Morgan fingerprint density at radius 3 is 2.67 bits per heavy atom. The molecule has 3 rings (SSSR count). The van der Waals surface area contributed by atoms with Crippen LogP contribution in [0.1, 0.15) is 10.6 Å². The fourth-order valence-corrected chi connectivity index (χ4v) is 2.08. The summed E-state index contributed by atoms with van der Waals surface area (Å²) in [5.41, 5.74) is 5.47. The summed E-state index contributed by atoms with van der Waals surface area (Å²) >= 11 is 0. The van der Waals surface area contributed by atoms with Gasteiger partial charge in [0.15, 0.2) is 12.0 Å². The normalized spacial score (nSPS) is 10.9. The zero-order valence-corrected chi connectivity index (χ0v) is 9.34. The molecule has 2 aromatic carbocycles. The highest BCUT2D eigenvalue weighted by atomic mass is 16.3. The van der Waals surface area contributed by atoms with Gasteiger partial charge in [0.1, 0.15) is 11.3 Å². The molecule has 3 aromatic rings. The molecule has 4 nitrogen and oxygen atoms in total. The largest absolute Gasteiger partial charge is 0.451 e. The minimum Gasteiger partial charge on any atom is -0.451 e.